The van der Waals surface area contributed by atoms with Crippen LogP contribution in [-0.2, 0) is 14.3 Å². The van der Waals surface area contributed by atoms with Gasteiger partial charge in [-0.2, -0.15) is 0 Å². The molecule has 0 bridgehead atoms. The van der Waals surface area contributed by atoms with Crippen LogP contribution in [0.5, 0.6) is 0 Å². The third-order valence-corrected chi connectivity index (χ3v) is 2.57. The highest BCUT2D eigenvalue weighted by molar-refractivity contribution is 5.81. The highest BCUT2D eigenvalue weighted by atomic mass is 16.5. The van der Waals surface area contributed by atoms with E-state index in [4.69, 9.17) is 9.47 Å². The van der Waals surface area contributed by atoms with E-state index < -0.39 is 0 Å². The predicted octanol–water partition coefficient (Wildman–Crippen LogP) is -0.484. The van der Waals surface area contributed by atoms with E-state index in [-0.39, 0.29) is 18.1 Å². The first-order valence-electron chi connectivity index (χ1n) is 5.30. The maximum absolute atomic E-state index is 11.6. The molecule has 2 atom stereocenters. The van der Waals surface area contributed by atoms with E-state index in [1.807, 2.05) is 0 Å². The lowest BCUT2D eigenvalue weighted by Gasteiger charge is -2.17. The molecule has 1 heterocycles. The molecule has 5 nitrogen and oxygen atoms in total. The van der Waals surface area contributed by atoms with Crippen molar-refractivity contribution in [2.45, 2.75) is 25.0 Å². The standard InChI is InChI=1S/C10H20N2O3/c1-14-7-8(15-2)6-12-10(13)9-4-3-5-11-9/h8-9,11H,3-7H2,1-2H3,(H,12,13)/t8?,9-/m1/s1. The number of nitrogens with one attached hydrogen (secondary N) is 2. The summed E-state index contributed by atoms with van der Waals surface area (Å²) < 4.78 is 10.1. The third kappa shape index (κ3) is 4.15. The number of carbonyl (C=O) groups excluding carboxylic acids is 1. The summed E-state index contributed by atoms with van der Waals surface area (Å²) in [7, 11) is 3.23. The molecule has 0 spiro atoms. The van der Waals surface area contributed by atoms with Gasteiger partial charge in [0.05, 0.1) is 18.8 Å². The summed E-state index contributed by atoms with van der Waals surface area (Å²) in [6, 6.07) is -0.0231. The SMILES string of the molecule is COCC(CNC(=O)[C@H]1CCCN1)OC. The molecule has 1 aliphatic rings. The first kappa shape index (κ1) is 12.4. The van der Waals surface area contributed by atoms with E-state index in [1.165, 1.54) is 0 Å². The van der Waals surface area contributed by atoms with Gasteiger partial charge in [-0.05, 0) is 19.4 Å². The normalized spacial score (nSPS) is 22.7. The van der Waals surface area contributed by atoms with Crippen LogP contribution in [-0.4, -0.2) is 52.0 Å². The number of amides is 1. The van der Waals surface area contributed by atoms with Crippen LogP contribution >= 0.6 is 0 Å². The molecular weight excluding hydrogens is 196 g/mol. The average molecular weight is 216 g/mol. The van der Waals surface area contributed by atoms with E-state index in [2.05, 4.69) is 10.6 Å². The van der Waals surface area contributed by atoms with Crippen LogP contribution in [0, 0.1) is 0 Å². The van der Waals surface area contributed by atoms with Gasteiger partial charge in [-0.25, -0.2) is 0 Å². The molecule has 5 heteroatoms. The van der Waals surface area contributed by atoms with Gasteiger partial charge in [0, 0.05) is 20.8 Å². The maximum Gasteiger partial charge on any atom is 0.237 e. The van der Waals surface area contributed by atoms with Gasteiger partial charge in [0.15, 0.2) is 0 Å². The molecule has 0 aromatic rings. The number of carbonyl (C=O) groups is 1. The molecule has 1 amide bonds. The largest absolute Gasteiger partial charge is 0.382 e. The minimum atomic E-state index is -0.0691. The fourth-order valence-electron chi connectivity index (χ4n) is 1.64. The Hall–Kier alpha value is -0.650. The molecule has 1 rings (SSSR count). The van der Waals surface area contributed by atoms with E-state index >= 15 is 0 Å². The van der Waals surface area contributed by atoms with E-state index in [0.717, 1.165) is 19.4 Å². The Labute approximate surface area is 90.5 Å². The van der Waals surface area contributed by atoms with Crippen LogP contribution in [0.1, 0.15) is 12.8 Å². The van der Waals surface area contributed by atoms with Crippen molar-refractivity contribution in [3.8, 4) is 0 Å². The second-order valence-electron chi connectivity index (χ2n) is 3.71. The number of hydrogen-bond donors (Lipinski definition) is 2. The Morgan fingerprint density at radius 2 is 2.40 bits per heavy atom. The molecule has 88 valence electrons. The highest BCUT2D eigenvalue weighted by Crippen LogP contribution is 2.04. The molecule has 1 saturated heterocycles. The van der Waals surface area contributed by atoms with Gasteiger partial charge >= 0.3 is 0 Å². The molecule has 1 aliphatic heterocycles. The summed E-state index contributed by atoms with van der Waals surface area (Å²) in [6.45, 7) is 1.93. The molecule has 15 heavy (non-hydrogen) atoms. The van der Waals surface area contributed by atoms with Crippen molar-refractivity contribution in [2.24, 2.45) is 0 Å². The average Bonchev–Trinajstić information content (AvgIpc) is 2.77. The van der Waals surface area contributed by atoms with Crippen molar-refractivity contribution in [3.63, 3.8) is 0 Å². The van der Waals surface area contributed by atoms with Gasteiger partial charge in [-0.1, -0.05) is 0 Å². The van der Waals surface area contributed by atoms with Crippen LogP contribution in [0.25, 0.3) is 0 Å². The molecule has 0 aliphatic carbocycles. The van der Waals surface area contributed by atoms with E-state index in [1.54, 1.807) is 14.2 Å². The van der Waals surface area contributed by atoms with Gasteiger partial charge in [0.1, 0.15) is 0 Å². The predicted molar refractivity (Wildman–Crippen MR) is 56.7 cm³/mol. The summed E-state index contributed by atoms with van der Waals surface area (Å²) in [5.74, 6) is 0.0608. The summed E-state index contributed by atoms with van der Waals surface area (Å²) in [4.78, 5) is 11.6. The third-order valence-electron chi connectivity index (χ3n) is 2.57. The molecule has 0 saturated carbocycles. The van der Waals surface area contributed by atoms with Crippen LogP contribution in [0.4, 0.5) is 0 Å². The van der Waals surface area contributed by atoms with E-state index in [9.17, 15) is 4.79 Å². The Morgan fingerprint density at radius 1 is 1.60 bits per heavy atom. The Kier molecular flexibility index (Phi) is 5.60. The molecule has 0 aromatic carbocycles. The van der Waals surface area contributed by atoms with Crippen molar-refractivity contribution in [2.75, 3.05) is 33.9 Å². The monoisotopic (exact) mass is 216 g/mol. The van der Waals surface area contributed by atoms with Gasteiger partial charge in [0.25, 0.3) is 0 Å². The lowest BCUT2D eigenvalue weighted by Crippen LogP contribution is -2.44. The molecule has 0 aromatic heterocycles. The summed E-state index contributed by atoms with van der Waals surface area (Å²) in [5, 5.41) is 6.00. The zero-order valence-corrected chi connectivity index (χ0v) is 9.41. The summed E-state index contributed by atoms with van der Waals surface area (Å²) >= 11 is 0. The fourth-order valence-corrected chi connectivity index (χ4v) is 1.64. The highest BCUT2D eigenvalue weighted by Gasteiger charge is 2.22. The minimum absolute atomic E-state index is 0.0231. The zero-order valence-electron chi connectivity index (χ0n) is 9.41. The molecule has 1 fully saturated rings. The smallest absolute Gasteiger partial charge is 0.237 e. The van der Waals surface area contributed by atoms with Crippen LogP contribution in [0.3, 0.4) is 0 Å². The Balaban J connectivity index is 2.19. The number of methoxy groups -OCH3 is 2. The lowest BCUT2D eigenvalue weighted by atomic mass is 10.2. The molecule has 2 N–H and O–H groups in total. The van der Waals surface area contributed by atoms with Crippen molar-refractivity contribution >= 4 is 5.91 Å². The minimum Gasteiger partial charge on any atom is -0.382 e. The first-order valence-corrected chi connectivity index (χ1v) is 5.30. The maximum atomic E-state index is 11.6. The van der Waals surface area contributed by atoms with Gasteiger partial charge < -0.3 is 20.1 Å². The van der Waals surface area contributed by atoms with Crippen LogP contribution in [0.2, 0.25) is 0 Å². The second kappa shape index (κ2) is 6.76. The van der Waals surface area contributed by atoms with Crippen molar-refractivity contribution in [1.29, 1.82) is 0 Å². The van der Waals surface area contributed by atoms with Crippen LogP contribution < -0.4 is 10.6 Å². The molecule has 1 unspecified atom stereocenters. The van der Waals surface area contributed by atoms with Crippen molar-refractivity contribution in [1.82, 2.24) is 10.6 Å². The van der Waals surface area contributed by atoms with Crippen LogP contribution in [0.15, 0.2) is 0 Å². The Morgan fingerprint density at radius 3 is 2.93 bits per heavy atom. The fraction of sp³-hybridized carbons (Fsp3) is 0.900. The van der Waals surface area contributed by atoms with Gasteiger partial charge in [0.2, 0.25) is 5.91 Å². The molecular formula is C10H20N2O3. The van der Waals surface area contributed by atoms with Gasteiger partial charge in [-0.15, -0.1) is 0 Å². The number of rotatable bonds is 6. The van der Waals surface area contributed by atoms with Gasteiger partial charge in [-0.3, -0.25) is 4.79 Å². The second-order valence-corrected chi connectivity index (χ2v) is 3.71. The zero-order chi connectivity index (χ0) is 11.1. The van der Waals surface area contributed by atoms with E-state index in [0.29, 0.717) is 13.2 Å². The number of ether oxygens (including phenoxy) is 2. The number of hydrogen-bond acceptors (Lipinski definition) is 4. The Bertz CT molecular complexity index is 193. The topological polar surface area (TPSA) is 59.6 Å². The quantitative estimate of drug-likeness (QED) is 0.629. The first-order chi connectivity index (χ1) is 7.27. The molecule has 0 radical (unpaired) electrons. The van der Waals surface area contributed by atoms with Crippen molar-refractivity contribution in [3.05, 3.63) is 0 Å². The van der Waals surface area contributed by atoms with Crippen molar-refractivity contribution < 1.29 is 14.3 Å². The summed E-state index contributed by atoms with van der Waals surface area (Å²) in [5.41, 5.74) is 0. The summed E-state index contributed by atoms with van der Waals surface area (Å²) in [6.07, 6.45) is 1.93. The lowest BCUT2D eigenvalue weighted by molar-refractivity contribution is -0.123.